The minimum absolute atomic E-state index is 0.110. The summed E-state index contributed by atoms with van der Waals surface area (Å²) in [4.78, 5) is 35.0. The summed E-state index contributed by atoms with van der Waals surface area (Å²) in [6.45, 7) is 2.83. The highest BCUT2D eigenvalue weighted by atomic mass is 35.5. The van der Waals surface area contributed by atoms with E-state index in [1.54, 1.807) is 9.80 Å². The Morgan fingerprint density at radius 1 is 1.19 bits per heavy atom. The first-order valence-electron chi connectivity index (χ1n) is 8.44. The lowest BCUT2D eigenvalue weighted by Crippen LogP contribution is -2.48. The van der Waals surface area contributed by atoms with Crippen molar-refractivity contribution >= 4 is 29.9 Å². The zero-order valence-electron chi connectivity index (χ0n) is 14.3. The van der Waals surface area contributed by atoms with E-state index in [0.29, 0.717) is 44.2 Å². The van der Waals surface area contributed by atoms with E-state index in [1.165, 1.54) is 12.4 Å². The van der Waals surface area contributed by atoms with Gasteiger partial charge in [-0.2, -0.15) is 0 Å². The van der Waals surface area contributed by atoms with Gasteiger partial charge < -0.3 is 15.1 Å². The van der Waals surface area contributed by atoms with Gasteiger partial charge in [-0.1, -0.05) is 23.7 Å². The van der Waals surface area contributed by atoms with Crippen molar-refractivity contribution in [1.29, 1.82) is 0 Å². The molecule has 8 heteroatoms. The number of amides is 2. The number of aromatic nitrogens is 2. The number of piperazine rings is 1. The molecule has 26 heavy (non-hydrogen) atoms. The summed E-state index contributed by atoms with van der Waals surface area (Å²) in [5.41, 5.74) is 1.58. The molecule has 0 spiro atoms. The van der Waals surface area contributed by atoms with E-state index in [1.807, 2.05) is 24.3 Å². The number of anilines is 1. The lowest BCUT2D eigenvalue weighted by atomic mass is 10.1. The Morgan fingerprint density at radius 2 is 1.92 bits per heavy atom. The summed E-state index contributed by atoms with van der Waals surface area (Å²) in [6.07, 6.45) is 4.67. The number of hydrogen-bond acceptors (Lipinski definition) is 5. The van der Waals surface area contributed by atoms with E-state index in [-0.39, 0.29) is 5.91 Å². The van der Waals surface area contributed by atoms with Gasteiger partial charge >= 0.3 is 0 Å². The third-order valence-electron chi connectivity index (χ3n) is 4.24. The maximum absolute atomic E-state index is 12.4. The highest BCUT2D eigenvalue weighted by Crippen LogP contribution is 2.11. The minimum atomic E-state index is -0.110. The molecule has 1 N–H and O–H groups in total. The molecule has 0 saturated carbocycles. The van der Waals surface area contributed by atoms with Crippen LogP contribution < -0.4 is 5.32 Å². The van der Waals surface area contributed by atoms with Crippen molar-refractivity contribution in [3.8, 4) is 0 Å². The highest BCUT2D eigenvalue weighted by molar-refractivity contribution is 6.30. The van der Waals surface area contributed by atoms with Gasteiger partial charge in [0.15, 0.2) is 0 Å². The molecular weight excluding hydrogens is 354 g/mol. The fraction of sp³-hybridized carbons (Fsp3) is 0.333. The third-order valence-corrected chi connectivity index (χ3v) is 4.47. The Labute approximate surface area is 157 Å². The van der Waals surface area contributed by atoms with Crippen molar-refractivity contribution in [3.05, 3.63) is 52.8 Å². The molecule has 2 heterocycles. The van der Waals surface area contributed by atoms with Gasteiger partial charge in [-0.15, -0.1) is 0 Å². The second-order valence-corrected chi connectivity index (χ2v) is 6.47. The van der Waals surface area contributed by atoms with E-state index in [2.05, 4.69) is 15.3 Å². The summed E-state index contributed by atoms with van der Waals surface area (Å²) in [5, 5.41) is 3.85. The smallest absolute Gasteiger partial charge is 0.257 e. The summed E-state index contributed by atoms with van der Waals surface area (Å²) in [6, 6.07) is 7.70. The monoisotopic (exact) mass is 373 g/mol. The van der Waals surface area contributed by atoms with Crippen LogP contribution in [-0.4, -0.2) is 64.8 Å². The van der Waals surface area contributed by atoms with E-state index >= 15 is 0 Å². The lowest BCUT2D eigenvalue weighted by molar-refractivity contribution is -0.119. The van der Waals surface area contributed by atoms with Crippen LogP contribution in [0.15, 0.2) is 36.7 Å². The fourth-order valence-corrected chi connectivity index (χ4v) is 2.97. The molecule has 0 unspecified atom stereocenters. The Hall–Kier alpha value is -2.67. The molecule has 0 aliphatic carbocycles. The Morgan fingerprint density at radius 3 is 2.58 bits per heavy atom. The average Bonchev–Trinajstić information content (AvgIpc) is 2.68. The van der Waals surface area contributed by atoms with Crippen LogP contribution in [0.5, 0.6) is 0 Å². The number of nitrogens with one attached hydrogen (secondary N) is 1. The zero-order chi connectivity index (χ0) is 18.4. The number of hydrogen-bond donors (Lipinski definition) is 1. The number of carbonyl (C=O) groups excluding carboxylic acids is 2. The van der Waals surface area contributed by atoms with Crippen LogP contribution in [-0.2, 0) is 11.2 Å². The number of nitrogens with zero attached hydrogens (tertiary/aromatic N) is 4. The van der Waals surface area contributed by atoms with E-state index < -0.39 is 0 Å². The predicted octanol–water partition coefficient (Wildman–Crippen LogP) is 1.70. The van der Waals surface area contributed by atoms with Crippen LogP contribution in [0.1, 0.15) is 15.9 Å². The Balaban J connectivity index is 1.50. The van der Waals surface area contributed by atoms with Gasteiger partial charge in [0.1, 0.15) is 0 Å². The molecule has 0 bridgehead atoms. The van der Waals surface area contributed by atoms with Gasteiger partial charge in [-0.05, 0) is 24.1 Å². The van der Waals surface area contributed by atoms with Gasteiger partial charge in [0.25, 0.3) is 5.91 Å². The first-order chi connectivity index (χ1) is 12.7. The number of benzene rings is 1. The van der Waals surface area contributed by atoms with Crippen molar-refractivity contribution in [1.82, 2.24) is 19.8 Å². The molecule has 2 amide bonds. The number of rotatable bonds is 6. The SMILES string of the molecule is O=CN1CCN(C(=O)c2cnc(NCCc3cccc(Cl)c3)nc2)CC1. The maximum atomic E-state index is 12.4. The zero-order valence-corrected chi connectivity index (χ0v) is 15.0. The second kappa shape index (κ2) is 8.62. The molecule has 1 fully saturated rings. The molecule has 0 atom stereocenters. The molecular formula is C18H20ClN5O2. The first-order valence-corrected chi connectivity index (χ1v) is 8.82. The summed E-state index contributed by atoms with van der Waals surface area (Å²) in [7, 11) is 0. The normalized spacial score (nSPS) is 14.2. The predicted molar refractivity (Wildman–Crippen MR) is 99.2 cm³/mol. The quantitative estimate of drug-likeness (QED) is 0.780. The van der Waals surface area contributed by atoms with Crippen LogP contribution in [0.3, 0.4) is 0 Å². The number of halogens is 1. The van der Waals surface area contributed by atoms with Crippen LogP contribution in [0.2, 0.25) is 5.02 Å². The highest BCUT2D eigenvalue weighted by Gasteiger charge is 2.21. The average molecular weight is 374 g/mol. The second-order valence-electron chi connectivity index (χ2n) is 6.04. The van der Waals surface area contributed by atoms with Gasteiger partial charge in [0.05, 0.1) is 5.56 Å². The first kappa shape index (κ1) is 18.1. The summed E-state index contributed by atoms with van der Waals surface area (Å²) >= 11 is 5.97. The topological polar surface area (TPSA) is 78.4 Å². The molecule has 2 aromatic rings. The molecule has 1 saturated heterocycles. The fourth-order valence-electron chi connectivity index (χ4n) is 2.75. The molecule has 1 aromatic heterocycles. The molecule has 7 nitrogen and oxygen atoms in total. The van der Waals surface area contributed by atoms with Crippen LogP contribution in [0.25, 0.3) is 0 Å². The van der Waals surface area contributed by atoms with Crippen molar-refractivity contribution in [2.45, 2.75) is 6.42 Å². The van der Waals surface area contributed by atoms with Crippen molar-refractivity contribution in [2.75, 3.05) is 38.0 Å². The summed E-state index contributed by atoms with van der Waals surface area (Å²) < 4.78 is 0. The van der Waals surface area contributed by atoms with Crippen molar-refractivity contribution in [2.24, 2.45) is 0 Å². The van der Waals surface area contributed by atoms with Crippen molar-refractivity contribution in [3.63, 3.8) is 0 Å². The molecule has 3 rings (SSSR count). The Bertz CT molecular complexity index is 760. The van der Waals surface area contributed by atoms with E-state index in [4.69, 9.17) is 11.6 Å². The van der Waals surface area contributed by atoms with E-state index in [0.717, 1.165) is 23.4 Å². The van der Waals surface area contributed by atoms with Gasteiger partial charge in [-0.25, -0.2) is 9.97 Å². The maximum Gasteiger partial charge on any atom is 0.257 e. The Kier molecular flexibility index (Phi) is 6.01. The minimum Gasteiger partial charge on any atom is -0.354 e. The van der Waals surface area contributed by atoms with Crippen LogP contribution >= 0.6 is 11.6 Å². The van der Waals surface area contributed by atoms with Crippen molar-refractivity contribution < 1.29 is 9.59 Å². The standard InChI is InChI=1S/C18H20ClN5O2/c19-16-3-1-2-14(10-16)4-5-20-18-21-11-15(12-22-18)17(26)24-8-6-23(13-25)7-9-24/h1-3,10-13H,4-9H2,(H,20,21,22). The number of carbonyl (C=O) groups is 2. The molecule has 1 aliphatic heterocycles. The molecule has 1 aliphatic rings. The van der Waals surface area contributed by atoms with Crippen LogP contribution in [0, 0.1) is 0 Å². The largest absolute Gasteiger partial charge is 0.354 e. The van der Waals surface area contributed by atoms with Crippen LogP contribution in [0.4, 0.5) is 5.95 Å². The summed E-state index contributed by atoms with van der Waals surface area (Å²) in [5.74, 6) is 0.371. The lowest BCUT2D eigenvalue weighted by Gasteiger charge is -2.32. The van der Waals surface area contributed by atoms with Gasteiger partial charge in [0.2, 0.25) is 12.4 Å². The molecule has 1 aromatic carbocycles. The third kappa shape index (κ3) is 4.70. The van der Waals surface area contributed by atoms with E-state index in [9.17, 15) is 9.59 Å². The molecule has 136 valence electrons. The van der Waals surface area contributed by atoms with Gasteiger partial charge in [-0.3, -0.25) is 9.59 Å². The van der Waals surface area contributed by atoms with Gasteiger partial charge in [0, 0.05) is 50.1 Å². The molecule has 0 radical (unpaired) electrons.